The molecule has 1 aliphatic heterocycles. The molecule has 3 rings (SSSR count). The van der Waals surface area contributed by atoms with E-state index in [2.05, 4.69) is 16.1 Å². The molecule has 256 valence electrons. The van der Waals surface area contributed by atoms with Crippen molar-refractivity contribution in [2.75, 3.05) is 45.9 Å². The number of carbonyl (C=O) groups excluding carboxylic acids is 1. The zero-order valence-electron chi connectivity index (χ0n) is 26.0. The molecule has 1 fully saturated rings. The van der Waals surface area contributed by atoms with Crippen LogP contribution in [0.1, 0.15) is 37.0 Å². The molecule has 15 nitrogen and oxygen atoms in total. The molecule has 0 spiro atoms. The van der Waals surface area contributed by atoms with Crippen molar-refractivity contribution in [3.05, 3.63) is 30.1 Å². The highest BCUT2D eigenvalue weighted by molar-refractivity contribution is 5.97. The number of rotatable bonds is 17. The van der Waals surface area contributed by atoms with Gasteiger partial charge < -0.3 is 56.0 Å². The first-order valence-corrected chi connectivity index (χ1v) is 15.6. The van der Waals surface area contributed by atoms with E-state index in [9.17, 15) is 45.6 Å². The normalized spacial score (nSPS) is 20.2. The van der Waals surface area contributed by atoms with E-state index in [-0.39, 0.29) is 31.5 Å². The van der Waals surface area contributed by atoms with Crippen LogP contribution in [0.5, 0.6) is 0 Å². The smallest absolute Gasteiger partial charge is 0.254 e. The van der Waals surface area contributed by atoms with E-state index >= 15 is 0 Å². The molecule has 2 heterocycles. The first-order chi connectivity index (χ1) is 21.4. The Bertz CT molecular complexity index is 1180. The van der Waals surface area contributed by atoms with Crippen LogP contribution in [0.4, 0.5) is 0 Å². The van der Waals surface area contributed by atoms with E-state index in [4.69, 9.17) is 10.2 Å². The second-order valence-electron chi connectivity index (χ2n) is 11.9. The zero-order valence-corrected chi connectivity index (χ0v) is 26.0. The molecule has 0 radical (unpaired) electrons. The van der Waals surface area contributed by atoms with Gasteiger partial charge in [0.1, 0.15) is 36.6 Å². The molecule has 8 atom stereocenters. The summed E-state index contributed by atoms with van der Waals surface area (Å²) in [5, 5.41) is 99.5. The summed E-state index contributed by atoms with van der Waals surface area (Å²) in [5.41, 5.74) is 2.61. The van der Waals surface area contributed by atoms with Crippen molar-refractivity contribution in [3.63, 3.8) is 0 Å². The van der Waals surface area contributed by atoms with Gasteiger partial charge in [0.2, 0.25) is 6.33 Å². The summed E-state index contributed by atoms with van der Waals surface area (Å²) in [5.74, 6) is -0.129. The van der Waals surface area contributed by atoms with Gasteiger partial charge in [-0.1, -0.05) is 0 Å². The van der Waals surface area contributed by atoms with Crippen molar-refractivity contribution in [2.24, 2.45) is 5.92 Å². The number of imidazole rings is 1. The van der Waals surface area contributed by atoms with Crippen molar-refractivity contribution in [1.29, 1.82) is 0 Å². The van der Waals surface area contributed by atoms with Gasteiger partial charge in [-0.05, 0) is 44.7 Å². The van der Waals surface area contributed by atoms with Crippen LogP contribution in [-0.2, 0) is 13.1 Å². The molecule has 2 aromatic rings. The molecule has 10 N–H and O–H groups in total. The molecule has 0 saturated carbocycles. The third-order valence-corrected chi connectivity index (χ3v) is 8.76. The number of hydrogen-bond donors (Lipinski definition) is 10. The molecule has 1 aromatic carbocycles. The van der Waals surface area contributed by atoms with Crippen molar-refractivity contribution in [3.8, 4) is 0 Å². The Kier molecular flexibility index (Phi) is 14.1. The lowest BCUT2D eigenvalue weighted by Crippen LogP contribution is -2.54. The predicted octanol–water partition coefficient (Wildman–Crippen LogP) is -4.01. The van der Waals surface area contributed by atoms with Crippen LogP contribution in [0.25, 0.3) is 11.0 Å². The Labute approximate surface area is 262 Å². The van der Waals surface area contributed by atoms with Gasteiger partial charge >= 0.3 is 0 Å². The van der Waals surface area contributed by atoms with Gasteiger partial charge in [-0.25, -0.2) is 9.13 Å². The fourth-order valence-electron chi connectivity index (χ4n) is 5.89. The van der Waals surface area contributed by atoms with Crippen LogP contribution >= 0.6 is 0 Å². The second-order valence-corrected chi connectivity index (χ2v) is 11.9. The van der Waals surface area contributed by atoms with Crippen molar-refractivity contribution >= 4 is 16.9 Å². The summed E-state index contributed by atoms with van der Waals surface area (Å²) in [6, 6.07) is 5.69. The number of aliphatic hydroxyl groups excluding tert-OH is 10. The van der Waals surface area contributed by atoms with Crippen molar-refractivity contribution in [2.45, 2.75) is 88.6 Å². The maximum atomic E-state index is 13.4. The maximum absolute atomic E-state index is 13.4. The van der Waals surface area contributed by atoms with Gasteiger partial charge in [0, 0.05) is 44.4 Å². The highest BCUT2D eigenvalue weighted by Crippen LogP contribution is 2.23. The zero-order chi connectivity index (χ0) is 33.4. The average molecular weight is 644 g/mol. The number of hydrogen-bond acceptors (Lipinski definition) is 12. The molecule has 1 saturated heterocycles. The van der Waals surface area contributed by atoms with Gasteiger partial charge in [-0.2, -0.15) is 0 Å². The minimum Gasteiger partial charge on any atom is -0.394 e. The molecule has 45 heavy (non-hydrogen) atoms. The number of carbonyl (C=O) groups is 1. The number of aryl methyl sites for hydroxylation is 2. The number of benzene rings is 1. The summed E-state index contributed by atoms with van der Waals surface area (Å²) in [6.45, 7) is 4.45. The summed E-state index contributed by atoms with van der Waals surface area (Å²) in [4.78, 5) is 16.7. The van der Waals surface area contributed by atoms with E-state index in [0.717, 1.165) is 24.1 Å². The van der Waals surface area contributed by atoms with Gasteiger partial charge in [0.25, 0.3) is 5.91 Å². The number of nitrogens with zero attached hydrogens (tertiary/aromatic N) is 4. The van der Waals surface area contributed by atoms with Crippen molar-refractivity contribution in [1.82, 2.24) is 14.4 Å². The first-order valence-electron chi connectivity index (χ1n) is 15.6. The third-order valence-electron chi connectivity index (χ3n) is 8.76. The van der Waals surface area contributed by atoms with E-state index < -0.39 is 62.0 Å². The lowest BCUT2D eigenvalue weighted by molar-refractivity contribution is -0.668. The summed E-state index contributed by atoms with van der Waals surface area (Å²) in [7, 11) is 0. The number of fused-ring (bicyclic) bond motifs is 1. The highest BCUT2D eigenvalue weighted by Gasteiger charge is 2.35. The number of amides is 1. The third kappa shape index (κ3) is 9.17. The monoisotopic (exact) mass is 643 g/mol. The van der Waals surface area contributed by atoms with Crippen LogP contribution in [0.2, 0.25) is 0 Å². The Morgan fingerprint density at radius 2 is 1.36 bits per heavy atom. The minimum absolute atomic E-state index is 0.0352. The molecule has 1 aromatic heterocycles. The van der Waals surface area contributed by atoms with E-state index in [1.807, 2.05) is 31.5 Å². The Morgan fingerprint density at radius 1 is 0.844 bits per heavy atom. The SMILES string of the molecule is CCn1c[n+](CC)c2ccc(C(=O)N3CCC(CN(C[C@H](O)[C@@H](O)[C@H](O)[C@H](O)CO)C[C@H](O)[C@@H](O)[C@H](O)[C@H](O)CO)CC3)cc21. The Balaban J connectivity index is 1.68. The van der Waals surface area contributed by atoms with Gasteiger partial charge in [0.05, 0.1) is 38.5 Å². The summed E-state index contributed by atoms with van der Waals surface area (Å²) in [6.07, 6.45) is -10.9. The fraction of sp³-hybridized carbons (Fsp3) is 0.733. The Hall–Kier alpha value is -2.28. The molecule has 0 aliphatic carbocycles. The molecular formula is C30H51N4O11+. The summed E-state index contributed by atoms with van der Waals surface area (Å²) >= 11 is 0. The first kappa shape index (κ1) is 37.2. The van der Waals surface area contributed by atoms with E-state index in [0.29, 0.717) is 31.5 Å². The highest BCUT2D eigenvalue weighted by atomic mass is 16.4. The van der Waals surface area contributed by atoms with Crippen LogP contribution in [0.3, 0.4) is 0 Å². The van der Waals surface area contributed by atoms with Gasteiger partial charge in [-0.15, -0.1) is 0 Å². The average Bonchev–Trinajstić information content (AvgIpc) is 3.43. The van der Waals surface area contributed by atoms with Crippen LogP contribution < -0.4 is 4.57 Å². The van der Waals surface area contributed by atoms with E-state index in [1.165, 1.54) is 4.90 Å². The molecule has 1 aliphatic rings. The maximum Gasteiger partial charge on any atom is 0.254 e. The molecular weight excluding hydrogens is 592 g/mol. The standard InChI is InChI=1S/C30H51N4O11/c1-3-32-17-33(4-2)21-11-19(5-6-20(21)32)30(45)34-9-7-18(8-10-34)12-31(13-22(37)26(41)28(43)24(39)15-35)14-23(38)27(42)29(44)25(40)16-36/h5-6,11,17-18,22-29,35-44H,3-4,7-10,12-16H2,1-2H3/q+1/t22-,23-,24+,25+,26+,27+,28+,29+/m0/s1. The van der Waals surface area contributed by atoms with Crippen LogP contribution in [0.15, 0.2) is 24.5 Å². The minimum atomic E-state index is -1.86. The fourth-order valence-corrected chi connectivity index (χ4v) is 5.89. The molecule has 0 bridgehead atoms. The lowest BCUT2D eigenvalue weighted by atomic mass is 9.94. The largest absolute Gasteiger partial charge is 0.394 e. The lowest BCUT2D eigenvalue weighted by Gasteiger charge is -2.38. The topological polar surface area (TPSA) is 235 Å². The summed E-state index contributed by atoms with van der Waals surface area (Å²) < 4.78 is 4.22. The quantitative estimate of drug-likeness (QED) is 0.0743. The van der Waals surface area contributed by atoms with Crippen molar-refractivity contribution < 1.29 is 60.4 Å². The molecule has 1 amide bonds. The van der Waals surface area contributed by atoms with Gasteiger partial charge in [0.15, 0.2) is 11.0 Å². The van der Waals surface area contributed by atoms with E-state index in [1.54, 1.807) is 4.90 Å². The number of likely N-dealkylation sites (tertiary alicyclic amines) is 1. The molecule has 15 heteroatoms. The number of aliphatic hydroxyl groups is 10. The van der Waals surface area contributed by atoms with Crippen LogP contribution in [0, 0.1) is 5.92 Å². The second kappa shape index (κ2) is 17.0. The predicted molar refractivity (Wildman–Crippen MR) is 161 cm³/mol. The molecule has 0 unspecified atom stereocenters. The van der Waals surface area contributed by atoms with Crippen LogP contribution in [-0.4, -0.2) is 166 Å². The van der Waals surface area contributed by atoms with Gasteiger partial charge in [-0.3, -0.25) is 9.69 Å². The number of aromatic nitrogens is 2. The Morgan fingerprint density at radius 3 is 1.82 bits per heavy atom. The number of piperidine rings is 1.